The van der Waals surface area contributed by atoms with Gasteiger partial charge in [0, 0.05) is 54.3 Å². The molecule has 0 spiro atoms. The van der Waals surface area contributed by atoms with Gasteiger partial charge in [-0.3, -0.25) is 20.0 Å². The third kappa shape index (κ3) is 5.71. The first-order valence-electron chi connectivity index (χ1n) is 14.8. The second kappa shape index (κ2) is 11.9. The zero-order chi connectivity index (χ0) is 29.2. The Morgan fingerprint density at radius 2 is 1.86 bits per heavy atom. The van der Waals surface area contributed by atoms with E-state index in [2.05, 4.69) is 60.5 Å². The number of aromatic nitrogens is 6. The van der Waals surface area contributed by atoms with E-state index in [0.29, 0.717) is 40.6 Å². The van der Waals surface area contributed by atoms with E-state index in [9.17, 15) is 4.39 Å². The first kappa shape index (κ1) is 27.2. The molecule has 0 saturated carbocycles. The molecule has 1 aliphatic rings. The van der Waals surface area contributed by atoms with Gasteiger partial charge >= 0.3 is 0 Å². The normalized spacial score (nSPS) is 13.8. The summed E-state index contributed by atoms with van der Waals surface area (Å²) in [6, 6.07) is 14.9. The van der Waals surface area contributed by atoms with Crippen molar-refractivity contribution in [2.75, 3.05) is 32.8 Å². The summed E-state index contributed by atoms with van der Waals surface area (Å²) in [7, 11) is 0. The van der Waals surface area contributed by atoms with Crippen LogP contribution in [0.4, 0.5) is 4.39 Å². The molecule has 0 aliphatic carbocycles. The average molecular weight is 577 g/mol. The minimum absolute atomic E-state index is 0.377. The highest BCUT2D eigenvalue weighted by Gasteiger charge is 2.18. The Kier molecular flexibility index (Phi) is 7.53. The monoisotopic (exact) mass is 576 g/mol. The minimum atomic E-state index is -0.377. The van der Waals surface area contributed by atoms with Crippen molar-refractivity contribution in [3.63, 3.8) is 0 Å². The standard InChI is InChI=1S/C33H33FN8O/c1-2-35-18-21-13-24(20-36-19-21)22-5-6-28-27(16-22)31(41-40-28)33-38-29-7-8-37-30(32(29)39-33)23-14-25(34)17-26(15-23)43-12-11-42-9-3-4-10-42/h5-8,13-17,19-20,35H,2-4,9-12,18H2,1H3,(H,38,39)(H,40,41). The van der Waals surface area contributed by atoms with Crippen LogP contribution in [0.25, 0.3) is 55.8 Å². The van der Waals surface area contributed by atoms with Crippen LogP contribution in [0.3, 0.4) is 0 Å². The van der Waals surface area contributed by atoms with Gasteiger partial charge in [0.25, 0.3) is 0 Å². The molecule has 9 nitrogen and oxygen atoms in total. The number of halogens is 1. The topological polar surface area (TPSA) is 108 Å². The third-order valence-corrected chi connectivity index (χ3v) is 7.92. The summed E-state index contributed by atoms with van der Waals surface area (Å²) >= 11 is 0. The lowest BCUT2D eigenvalue weighted by atomic mass is 10.0. The summed E-state index contributed by atoms with van der Waals surface area (Å²) < 4.78 is 20.7. The highest BCUT2D eigenvalue weighted by atomic mass is 19.1. The number of rotatable bonds is 10. The maximum absolute atomic E-state index is 14.7. The second-order valence-electron chi connectivity index (χ2n) is 10.9. The molecule has 0 atom stereocenters. The van der Waals surface area contributed by atoms with Crippen molar-refractivity contribution in [2.45, 2.75) is 26.3 Å². The third-order valence-electron chi connectivity index (χ3n) is 7.92. The molecular formula is C33H33FN8O. The van der Waals surface area contributed by atoms with Crippen molar-refractivity contribution in [3.8, 4) is 39.7 Å². The van der Waals surface area contributed by atoms with Crippen LogP contribution in [-0.2, 0) is 6.54 Å². The number of H-pyrrole nitrogens is 2. The molecule has 218 valence electrons. The van der Waals surface area contributed by atoms with Gasteiger partial charge in [-0.25, -0.2) is 9.37 Å². The lowest BCUT2D eigenvalue weighted by Gasteiger charge is -2.15. The fourth-order valence-corrected chi connectivity index (χ4v) is 5.73. The second-order valence-corrected chi connectivity index (χ2v) is 10.9. The highest BCUT2D eigenvalue weighted by Crippen LogP contribution is 2.33. The van der Waals surface area contributed by atoms with Gasteiger partial charge < -0.3 is 15.0 Å². The predicted octanol–water partition coefficient (Wildman–Crippen LogP) is 5.95. The first-order valence-corrected chi connectivity index (χ1v) is 14.8. The van der Waals surface area contributed by atoms with E-state index in [4.69, 9.17) is 9.72 Å². The van der Waals surface area contributed by atoms with Gasteiger partial charge in [-0.1, -0.05) is 13.0 Å². The molecule has 43 heavy (non-hydrogen) atoms. The number of benzene rings is 2. The zero-order valence-corrected chi connectivity index (χ0v) is 24.0. The molecule has 0 amide bonds. The van der Waals surface area contributed by atoms with Crippen LogP contribution in [0, 0.1) is 5.82 Å². The maximum Gasteiger partial charge on any atom is 0.159 e. The molecule has 0 unspecified atom stereocenters. The Hall–Kier alpha value is -4.67. The maximum atomic E-state index is 14.7. The average Bonchev–Trinajstić information content (AvgIpc) is 3.79. The Bertz CT molecular complexity index is 1890. The van der Waals surface area contributed by atoms with Crippen LogP contribution in [0.1, 0.15) is 25.3 Å². The number of aromatic amines is 2. The quantitative estimate of drug-likeness (QED) is 0.185. The van der Waals surface area contributed by atoms with Gasteiger partial charge in [0.15, 0.2) is 5.82 Å². The molecule has 1 fully saturated rings. The molecule has 1 saturated heterocycles. The number of fused-ring (bicyclic) bond motifs is 2. The van der Waals surface area contributed by atoms with Gasteiger partial charge in [-0.05, 0) is 80.0 Å². The molecule has 3 N–H and O–H groups in total. The van der Waals surface area contributed by atoms with Crippen molar-refractivity contribution in [1.82, 2.24) is 40.3 Å². The fourth-order valence-electron chi connectivity index (χ4n) is 5.73. The number of nitrogens with zero attached hydrogens (tertiary/aromatic N) is 5. The molecule has 5 heterocycles. The Morgan fingerprint density at radius 3 is 2.74 bits per heavy atom. The summed E-state index contributed by atoms with van der Waals surface area (Å²) in [5.41, 5.74) is 7.40. The van der Waals surface area contributed by atoms with Gasteiger partial charge in [0.1, 0.15) is 29.4 Å². The largest absolute Gasteiger partial charge is 0.492 e. The van der Waals surface area contributed by atoms with Gasteiger partial charge in [0.05, 0.1) is 16.7 Å². The van der Waals surface area contributed by atoms with E-state index in [1.807, 2.05) is 30.6 Å². The molecule has 10 heteroatoms. The van der Waals surface area contributed by atoms with Crippen molar-refractivity contribution in [3.05, 3.63) is 78.5 Å². The van der Waals surface area contributed by atoms with Crippen molar-refractivity contribution >= 4 is 21.9 Å². The molecule has 4 aromatic heterocycles. The molecule has 0 bridgehead atoms. The summed E-state index contributed by atoms with van der Waals surface area (Å²) in [6.45, 7) is 7.29. The summed E-state index contributed by atoms with van der Waals surface area (Å²) in [5, 5.41) is 12.0. The Morgan fingerprint density at radius 1 is 0.953 bits per heavy atom. The van der Waals surface area contributed by atoms with Crippen LogP contribution >= 0.6 is 0 Å². The predicted molar refractivity (Wildman–Crippen MR) is 166 cm³/mol. The van der Waals surface area contributed by atoms with Crippen molar-refractivity contribution in [2.24, 2.45) is 0 Å². The lowest BCUT2D eigenvalue weighted by Crippen LogP contribution is -2.25. The van der Waals surface area contributed by atoms with Crippen LogP contribution in [-0.4, -0.2) is 67.8 Å². The summed E-state index contributed by atoms with van der Waals surface area (Å²) in [4.78, 5) is 19.7. The van der Waals surface area contributed by atoms with Gasteiger partial charge in [-0.15, -0.1) is 0 Å². The minimum Gasteiger partial charge on any atom is -0.492 e. The van der Waals surface area contributed by atoms with Crippen LogP contribution in [0.15, 0.2) is 67.1 Å². The Balaban J connectivity index is 1.20. The summed E-state index contributed by atoms with van der Waals surface area (Å²) in [5.74, 6) is 0.710. The van der Waals surface area contributed by atoms with E-state index in [0.717, 1.165) is 65.8 Å². The van der Waals surface area contributed by atoms with Crippen LogP contribution < -0.4 is 10.1 Å². The zero-order valence-electron chi connectivity index (χ0n) is 24.0. The number of likely N-dealkylation sites (tertiary alicyclic amines) is 1. The number of nitrogens with one attached hydrogen (secondary N) is 3. The number of imidazole rings is 1. The number of hydrogen-bond acceptors (Lipinski definition) is 7. The SMILES string of the molecule is CCNCc1cncc(-c2ccc3[nH]nc(-c4nc5c(-c6cc(F)cc(OCCN7CCCC7)c6)nccc5[nH]4)c3c2)c1. The first-order chi connectivity index (χ1) is 21.1. The van der Waals surface area contributed by atoms with E-state index in [1.54, 1.807) is 6.20 Å². The fraction of sp³-hybridized carbons (Fsp3) is 0.273. The van der Waals surface area contributed by atoms with Crippen molar-refractivity contribution < 1.29 is 9.13 Å². The molecule has 7 rings (SSSR count). The van der Waals surface area contributed by atoms with E-state index < -0.39 is 0 Å². The molecule has 1 aliphatic heterocycles. The summed E-state index contributed by atoms with van der Waals surface area (Å²) in [6.07, 6.45) is 7.91. The van der Waals surface area contributed by atoms with E-state index >= 15 is 0 Å². The number of pyridine rings is 2. The number of hydrogen-bond donors (Lipinski definition) is 3. The molecule has 2 aromatic carbocycles. The molecular weight excluding hydrogens is 543 g/mol. The molecule has 0 radical (unpaired) electrons. The van der Waals surface area contributed by atoms with Crippen molar-refractivity contribution in [1.29, 1.82) is 0 Å². The highest BCUT2D eigenvalue weighted by molar-refractivity contribution is 5.97. The van der Waals surface area contributed by atoms with E-state index in [1.165, 1.54) is 25.0 Å². The molecule has 6 aromatic rings. The number of ether oxygens (including phenoxy) is 1. The van der Waals surface area contributed by atoms with Gasteiger partial charge in [-0.2, -0.15) is 5.10 Å². The van der Waals surface area contributed by atoms with E-state index in [-0.39, 0.29) is 5.82 Å². The van der Waals surface area contributed by atoms with Crippen LogP contribution in [0.5, 0.6) is 5.75 Å². The Labute approximate surface area is 248 Å². The van der Waals surface area contributed by atoms with Crippen LogP contribution in [0.2, 0.25) is 0 Å². The lowest BCUT2D eigenvalue weighted by molar-refractivity contribution is 0.237. The smallest absolute Gasteiger partial charge is 0.159 e. The van der Waals surface area contributed by atoms with Gasteiger partial charge in [0.2, 0.25) is 0 Å².